The summed E-state index contributed by atoms with van der Waals surface area (Å²) in [5.41, 5.74) is -0.336. The average Bonchev–Trinajstić information content (AvgIpc) is 3.09. The van der Waals surface area contributed by atoms with E-state index in [1.165, 1.54) is 0 Å². The number of carbonyl (C=O) groups is 1. The molecule has 0 spiro atoms. The average molecular weight is 460 g/mol. The summed E-state index contributed by atoms with van der Waals surface area (Å²) < 4.78 is 6.96. The molecule has 1 fully saturated rings. The van der Waals surface area contributed by atoms with Crippen LogP contribution in [-0.2, 0) is 15.8 Å². The molecule has 3 aromatic rings. The van der Waals surface area contributed by atoms with Gasteiger partial charge in [0.25, 0.3) is 8.32 Å². The van der Waals surface area contributed by atoms with Crippen LogP contribution in [-0.4, -0.2) is 36.6 Å². The normalized spacial score (nSPS) is 19.2. The monoisotopic (exact) mass is 459 g/mol. The van der Waals surface area contributed by atoms with Crippen molar-refractivity contribution in [2.24, 2.45) is 0 Å². The number of amides is 1. The van der Waals surface area contributed by atoms with Crippen LogP contribution in [0.4, 0.5) is 0 Å². The summed E-state index contributed by atoms with van der Waals surface area (Å²) in [4.78, 5) is 14.4. The van der Waals surface area contributed by atoms with Crippen molar-refractivity contribution in [2.75, 3.05) is 6.61 Å². The molecule has 3 aromatic carbocycles. The lowest BCUT2D eigenvalue weighted by Crippen LogP contribution is -2.68. The van der Waals surface area contributed by atoms with E-state index in [0.717, 1.165) is 15.9 Å². The molecular formula is C28H33NO3Si. The molecule has 1 unspecified atom stereocenters. The largest absolute Gasteiger partial charge is 0.403 e. The van der Waals surface area contributed by atoms with Crippen molar-refractivity contribution in [2.45, 2.75) is 50.9 Å². The van der Waals surface area contributed by atoms with E-state index in [1.54, 1.807) is 4.90 Å². The van der Waals surface area contributed by atoms with Gasteiger partial charge in [-0.1, -0.05) is 112 Å². The van der Waals surface area contributed by atoms with Gasteiger partial charge in [-0.15, -0.1) is 0 Å². The predicted molar refractivity (Wildman–Crippen MR) is 135 cm³/mol. The molecule has 0 saturated carbocycles. The number of hydrogen-bond acceptors (Lipinski definition) is 3. The molecule has 0 radical (unpaired) electrons. The van der Waals surface area contributed by atoms with Crippen molar-refractivity contribution in [1.82, 2.24) is 4.90 Å². The molecular weight excluding hydrogens is 426 g/mol. The summed E-state index contributed by atoms with van der Waals surface area (Å²) >= 11 is 0. The molecule has 0 bridgehead atoms. The summed E-state index contributed by atoms with van der Waals surface area (Å²) in [6, 6.07) is 30.6. The molecule has 1 aliphatic heterocycles. The molecule has 1 atom stereocenters. The van der Waals surface area contributed by atoms with Crippen molar-refractivity contribution < 1.29 is 14.3 Å². The number of benzene rings is 3. The summed E-state index contributed by atoms with van der Waals surface area (Å²) in [6.45, 7) is 7.10. The second-order valence-corrected chi connectivity index (χ2v) is 14.2. The Balaban J connectivity index is 1.72. The van der Waals surface area contributed by atoms with Crippen LogP contribution in [0.2, 0.25) is 5.04 Å². The van der Waals surface area contributed by atoms with Gasteiger partial charge in [0.2, 0.25) is 5.91 Å². The first-order valence-corrected chi connectivity index (χ1v) is 13.5. The van der Waals surface area contributed by atoms with E-state index in [-0.39, 0.29) is 17.6 Å². The van der Waals surface area contributed by atoms with Crippen LogP contribution in [0.3, 0.4) is 0 Å². The molecule has 0 aliphatic carbocycles. The zero-order valence-corrected chi connectivity index (χ0v) is 20.7. The maximum Gasteiger partial charge on any atom is 0.261 e. The van der Waals surface area contributed by atoms with Gasteiger partial charge in [-0.25, -0.2) is 0 Å². The van der Waals surface area contributed by atoms with Crippen molar-refractivity contribution in [3.63, 3.8) is 0 Å². The molecule has 172 valence electrons. The van der Waals surface area contributed by atoms with Crippen LogP contribution in [0, 0.1) is 0 Å². The van der Waals surface area contributed by atoms with Crippen molar-refractivity contribution >= 4 is 24.6 Å². The number of rotatable bonds is 7. The Bertz CT molecular complexity index is 1030. The summed E-state index contributed by atoms with van der Waals surface area (Å²) in [6.07, 6.45) is 0.699. The second kappa shape index (κ2) is 9.25. The summed E-state index contributed by atoms with van der Waals surface area (Å²) in [5, 5.41) is 13.8. The number of hydrogen-bond donors (Lipinski definition) is 1. The SMILES string of the molecule is CC(C)(C)[Si](OCC1(O)CCC(=O)N1Cc1ccccc1)(c1ccccc1)c1ccccc1. The van der Waals surface area contributed by atoms with Crippen molar-refractivity contribution in [1.29, 1.82) is 0 Å². The third-order valence-corrected chi connectivity index (χ3v) is 11.6. The van der Waals surface area contributed by atoms with Crippen LogP contribution < -0.4 is 10.4 Å². The fourth-order valence-electron chi connectivity index (χ4n) is 4.95. The van der Waals surface area contributed by atoms with Crippen LogP contribution in [0.15, 0.2) is 91.0 Å². The quantitative estimate of drug-likeness (QED) is 0.542. The van der Waals surface area contributed by atoms with Gasteiger partial charge in [-0.3, -0.25) is 4.79 Å². The fourth-order valence-corrected chi connectivity index (χ4v) is 9.55. The van der Waals surface area contributed by atoms with E-state index < -0.39 is 14.0 Å². The van der Waals surface area contributed by atoms with E-state index in [1.807, 2.05) is 66.7 Å². The Labute approximate surface area is 198 Å². The van der Waals surface area contributed by atoms with Crippen LogP contribution in [0.5, 0.6) is 0 Å². The maximum absolute atomic E-state index is 12.8. The maximum atomic E-state index is 12.8. The highest BCUT2D eigenvalue weighted by Crippen LogP contribution is 2.39. The number of likely N-dealkylation sites (tertiary alicyclic amines) is 1. The zero-order valence-electron chi connectivity index (χ0n) is 19.7. The zero-order chi connectivity index (χ0) is 23.5. The van der Waals surface area contributed by atoms with Crippen molar-refractivity contribution in [3.05, 3.63) is 96.6 Å². The minimum absolute atomic E-state index is 0.0348. The molecule has 1 saturated heterocycles. The third kappa shape index (κ3) is 4.54. The molecule has 1 N–H and O–H groups in total. The summed E-state index contributed by atoms with van der Waals surface area (Å²) in [5.74, 6) is -0.0348. The van der Waals surface area contributed by atoms with Crippen LogP contribution in [0.1, 0.15) is 39.2 Å². The first-order valence-electron chi connectivity index (χ1n) is 11.6. The molecule has 0 aromatic heterocycles. The number of carbonyl (C=O) groups excluding carboxylic acids is 1. The minimum atomic E-state index is -2.81. The molecule has 33 heavy (non-hydrogen) atoms. The van der Waals surface area contributed by atoms with Crippen LogP contribution >= 0.6 is 0 Å². The first kappa shape index (κ1) is 23.4. The Kier molecular flexibility index (Phi) is 6.57. The standard InChI is InChI=1S/C28H33NO3Si/c1-27(2,3)33(24-15-9-5-10-16-24,25-17-11-6-12-18-25)32-22-28(31)20-19-26(30)29(28)21-23-13-7-4-8-14-23/h4-18,31H,19-22H2,1-3H3. The molecule has 1 aliphatic rings. The van der Waals surface area contributed by atoms with Gasteiger partial charge in [0, 0.05) is 19.4 Å². The lowest BCUT2D eigenvalue weighted by molar-refractivity contribution is -0.153. The summed E-state index contributed by atoms with van der Waals surface area (Å²) in [7, 11) is -2.81. The van der Waals surface area contributed by atoms with Gasteiger partial charge in [0.05, 0.1) is 6.61 Å². The highest BCUT2D eigenvalue weighted by Gasteiger charge is 2.53. The molecule has 1 heterocycles. The van der Waals surface area contributed by atoms with Gasteiger partial charge in [0.15, 0.2) is 5.72 Å². The van der Waals surface area contributed by atoms with E-state index in [9.17, 15) is 9.90 Å². The highest BCUT2D eigenvalue weighted by molar-refractivity contribution is 6.99. The predicted octanol–water partition coefficient (Wildman–Crippen LogP) is 4.07. The highest BCUT2D eigenvalue weighted by atomic mass is 28.4. The van der Waals surface area contributed by atoms with E-state index in [0.29, 0.717) is 19.4 Å². The molecule has 5 heteroatoms. The van der Waals surface area contributed by atoms with Gasteiger partial charge in [-0.05, 0) is 21.0 Å². The smallest absolute Gasteiger partial charge is 0.261 e. The Hall–Kier alpha value is -2.73. The minimum Gasteiger partial charge on any atom is -0.403 e. The van der Waals surface area contributed by atoms with Crippen LogP contribution in [0.25, 0.3) is 0 Å². The lowest BCUT2D eigenvalue weighted by Gasteiger charge is -2.45. The number of nitrogens with zero attached hydrogens (tertiary/aromatic N) is 1. The van der Waals surface area contributed by atoms with E-state index in [2.05, 4.69) is 45.0 Å². The lowest BCUT2D eigenvalue weighted by atomic mass is 10.1. The van der Waals surface area contributed by atoms with E-state index in [4.69, 9.17) is 4.43 Å². The Morgan fingerprint density at radius 2 is 1.36 bits per heavy atom. The fraction of sp³-hybridized carbons (Fsp3) is 0.321. The Morgan fingerprint density at radius 1 is 0.879 bits per heavy atom. The third-order valence-electron chi connectivity index (χ3n) is 6.66. The number of aliphatic hydroxyl groups is 1. The van der Waals surface area contributed by atoms with Gasteiger partial charge in [-0.2, -0.15) is 0 Å². The van der Waals surface area contributed by atoms with Crippen molar-refractivity contribution in [3.8, 4) is 0 Å². The molecule has 4 nitrogen and oxygen atoms in total. The topological polar surface area (TPSA) is 49.8 Å². The van der Waals surface area contributed by atoms with E-state index >= 15 is 0 Å². The Morgan fingerprint density at radius 3 is 1.85 bits per heavy atom. The second-order valence-electron chi connectivity index (χ2n) is 9.90. The van der Waals surface area contributed by atoms with Gasteiger partial charge >= 0.3 is 0 Å². The van der Waals surface area contributed by atoms with Gasteiger partial charge < -0.3 is 14.4 Å². The first-order chi connectivity index (χ1) is 15.8. The molecule has 4 rings (SSSR count). The van der Waals surface area contributed by atoms with Gasteiger partial charge in [0.1, 0.15) is 0 Å². The molecule has 1 amide bonds.